The van der Waals surface area contributed by atoms with E-state index in [2.05, 4.69) is 12.1 Å². The van der Waals surface area contributed by atoms with Crippen molar-refractivity contribution in [3.8, 4) is 0 Å². The molecule has 0 bridgehead atoms. The smallest absolute Gasteiger partial charge is 0.251 e. The van der Waals surface area contributed by atoms with Crippen LogP contribution in [0.4, 0.5) is 8.78 Å². The first-order chi connectivity index (χ1) is 7.49. The lowest BCUT2D eigenvalue weighted by Gasteiger charge is -2.48. The summed E-state index contributed by atoms with van der Waals surface area (Å²) in [5.74, 6) is -2.33. The topological polar surface area (TPSA) is 26.0 Å². The molecule has 3 heteroatoms. The number of fused-ring (bicyclic) bond motifs is 1. The molecule has 16 heavy (non-hydrogen) atoms. The van der Waals surface area contributed by atoms with Crippen LogP contribution in [0.1, 0.15) is 24.0 Å². The molecule has 0 heterocycles. The van der Waals surface area contributed by atoms with Crippen LogP contribution in [0.2, 0.25) is 0 Å². The third kappa shape index (κ3) is 1.46. The summed E-state index contributed by atoms with van der Waals surface area (Å²) in [6.45, 7) is 0. The number of halogens is 2. The van der Waals surface area contributed by atoms with Gasteiger partial charge in [0.15, 0.2) is 0 Å². The summed E-state index contributed by atoms with van der Waals surface area (Å²) in [5.41, 5.74) is 8.02. The zero-order chi connectivity index (χ0) is 11.4. The zero-order valence-corrected chi connectivity index (χ0v) is 9.05. The Morgan fingerprint density at radius 3 is 2.00 bits per heavy atom. The molecule has 0 amide bonds. The molecule has 1 aromatic rings. The summed E-state index contributed by atoms with van der Waals surface area (Å²) < 4.78 is 25.9. The monoisotopic (exact) mass is 223 g/mol. The average molecular weight is 223 g/mol. The van der Waals surface area contributed by atoms with E-state index in [0.29, 0.717) is 0 Å². The van der Waals surface area contributed by atoms with Crippen LogP contribution >= 0.6 is 0 Å². The van der Waals surface area contributed by atoms with E-state index in [9.17, 15) is 8.78 Å². The molecule has 2 aliphatic rings. The fourth-order valence-electron chi connectivity index (χ4n) is 3.17. The van der Waals surface area contributed by atoms with Crippen LogP contribution in [-0.4, -0.2) is 11.5 Å². The second kappa shape index (κ2) is 3.04. The van der Waals surface area contributed by atoms with E-state index in [1.165, 1.54) is 11.1 Å². The number of hydrogen-bond acceptors (Lipinski definition) is 1. The van der Waals surface area contributed by atoms with Gasteiger partial charge in [0, 0.05) is 18.4 Å². The van der Waals surface area contributed by atoms with Crippen molar-refractivity contribution in [2.45, 2.75) is 37.1 Å². The molecule has 1 saturated carbocycles. The Morgan fingerprint density at radius 2 is 1.56 bits per heavy atom. The Morgan fingerprint density at radius 1 is 1.06 bits per heavy atom. The summed E-state index contributed by atoms with van der Waals surface area (Å²) in [6, 6.07) is 8.16. The minimum Gasteiger partial charge on any atom is -0.324 e. The van der Waals surface area contributed by atoms with Crippen molar-refractivity contribution in [2.75, 3.05) is 0 Å². The van der Waals surface area contributed by atoms with E-state index < -0.39 is 11.5 Å². The van der Waals surface area contributed by atoms with Crippen LogP contribution < -0.4 is 5.73 Å². The minimum absolute atomic E-state index is 0.140. The Labute approximate surface area is 93.6 Å². The number of rotatable bonds is 1. The highest BCUT2D eigenvalue weighted by Gasteiger charge is 2.58. The zero-order valence-electron chi connectivity index (χ0n) is 9.05. The van der Waals surface area contributed by atoms with Gasteiger partial charge in [-0.3, -0.25) is 0 Å². The molecule has 0 unspecified atom stereocenters. The molecule has 0 atom stereocenters. The highest BCUT2D eigenvalue weighted by atomic mass is 19.3. The van der Waals surface area contributed by atoms with Crippen LogP contribution in [0.5, 0.6) is 0 Å². The van der Waals surface area contributed by atoms with Crippen molar-refractivity contribution in [3.05, 3.63) is 35.4 Å². The maximum atomic E-state index is 12.9. The van der Waals surface area contributed by atoms with Gasteiger partial charge in [-0.1, -0.05) is 24.3 Å². The largest absolute Gasteiger partial charge is 0.324 e. The van der Waals surface area contributed by atoms with Crippen molar-refractivity contribution in [3.63, 3.8) is 0 Å². The van der Waals surface area contributed by atoms with Crippen LogP contribution in [0.3, 0.4) is 0 Å². The summed E-state index contributed by atoms with van der Waals surface area (Å²) in [5, 5.41) is 0. The molecule has 1 nitrogen and oxygen atoms in total. The quantitative estimate of drug-likeness (QED) is 0.778. The van der Waals surface area contributed by atoms with E-state index in [1.807, 2.05) is 12.1 Å². The van der Waals surface area contributed by atoms with Crippen LogP contribution in [0.25, 0.3) is 0 Å². The lowest BCUT2D eigenvalue weighted by molar-refractivity contribution is -0.138. The highest BCUT2D eigenvalue weighted by molar-refractivity contribution is 5.34. The predicted octanol–water partition coefficient (Wildman–Crippen LogP) is 2.53. The van der Waals surface area contributed by atoms with Gasteiger partial charge in [0.05, 0.1) is 0 Å². The van der Waals surface area contributed by atoms with Gasteiger partial charge in [-0.15, -0.1) is 0 Å². The summed E-state index contributed by atoms with van der Waals surface area (Å²) in [7, 11) is 0. The first kappa shape index (κ1) is 10.2. The van der Waals surface area contributed by atoms with Gasteiger partial charge >= 0.3 is 0 Å². The van der Waals surface area contributed by atoms with E-state index in [1.54, 1.807) is 0 Å². The Bertz CT molecular complexity index is 395. The summed E-state index contributed by atoms with van der Waals surface area (Å²) in [6.07, 6.45) is 1.45. The van der Waals surface area contributed by atoms with Crippen LogP contribution in [0, 0.1) is 5.92 Å². The van der Waals surface area contributed by atoms with Gasteiger partial charge in [0.25, 0.3) is 5.92 Å². The third-order valence-electron chi connectivity index (χ3n) is 4.04. The normalized spacial score (nSPS) is 26.2. The highest BCUT2D eigenvalue weighted by Crippen LogP contribution is 2.50. The van der Waals surface area contributed by atoms with E-state index >= 15 is 0 Å². The molecule has 3 rings (SSSR count). The molecular weight excluding hydrogens is 208 g/mol. The van der Waals surface area contributed by atoms with E-state index in [-0.39, 0.29) is 18.8 Å². The molecule has 0 aromatic heterocycles. The molecule has 0 radical (unpaired) electrons. The van der Waals surface area contributed by atoms with Gasteiger partial charge in [-0.05, 0) is 29.9 Å². The minimum atomic E-state index is -2.52. The molecule has 1 aromatic carbocycles. The number of nitrogens with two attached hydrogens (primary N) is 1. The van der Waals surface area contributed by atoms with Gasteiger partial charge < -0.3 is 5.73 Å². The van der Waals surface area contributed by atoms with Crippen molar-refractivity contribution in [1.29, 1.82) is 0 Å². The molecule has 2 N–H and O–H groups in total. The fourth-order valence-corrected chi connectivity index (χ4v) is 3.17. The van der Waals surface area contributed by atoms with Crippen molar-refractivity contribution in [1.82, 2.24) is 0 Å². The van der Waals surface area contributed by atoms with Gasteiger partial charge in [0.1, 0.15) is 0 Å². The molecule has 0 aliphatic heterocycles. The standard InChI is InChI=1S/C13H15F2N/c14-13(15)7-12(16,8-13)11-5-9-3-1-2-4-10(9)6-11/h1-4,11H,5-8,16H2. The van der Waals surface area contributed by atoms with E-state index in [0.717, 1.165) is 12.8 Å². The lowest BCUT2D eigenvalue weighted by atomic mass is 9.65. The number of alkyl halides is 2. The predicted molar refractivity (Wildman–Crippen MR) is 58.4 cm³/mol. The maximum absolute atomic E-state index is 12.9. The first-order valence-electron chi connectivity index (χ1n) is 5.72. The average Bonchev–Trinajstić information content (AvgIpc) is 2.57. The molecule has 0 saturated heterocycles. The Hall–Kier alpha value is -0.960. The fraction of sp³-hybridized carbons (Fsp3) is 0.538. The molecular formula is C13H15F2N. The van der Waals surface area contributed by atoms with Gasteiger partial charge in [-0.25, -0.2) is 8.78 Å². The summed E-state index contributed by atoms with van der Waals surface area (Å²) >= 11 is 0. The van der Waals surface area contributed by atoms with E-state index in [4.69, 9.17) is 5.73 Å². The van der Waals surface area contributed by atoms with Gasteiger partial charge in [-0.2, -0.15) is 0 Å². The third-order valence-corrected chi connectivity index (χ3v) is 4.04. The van der Waals surface area contributed by atoms with Crippen LogP contribution in [-0.2, 0) is 12.8 Å². The summed E-state index contributed by atoms with van der Waals surface area (Å²) in [4.78, 5) is 0. The van der Waals surface area contributed by atoms with Gasteiger partial charge in [0.2, 0.25) is 0 Å². The Kier molecular flexibility index (Phi) is 1.94. The lowest BCUT2D eigenvalue weighted by Crippen LogP contribution is -2.62. The molecule has 1 fully saturated rings. The number of hydrogen-bond donors (Lipinski definition) is 1. The van der Waals surface area contributed by atoms with Crippen molar-refractivity contribution < 1.29 is 8.78 Å². The Balaban J connectivity index is 1.78. The number of benzene rings is 1. The van der Waals surface area contributed by atoms with Crippen molar-refractivity contribution >= 4 is 0 Å². The van der Waals surface area contributed by atoms with Crippen molar-refractivity contribution in [2.24, 2.45) is 11.7 Å². The maximum Gasteiger partial charge on any atom is 0.251 e. The molecule has 0 spiro atoms. The molecule has 86 valence electrons. The molecule has 2 aliphatic carbocycles. The first-order valence-corrected chi connectivity index (χ1v) is 5.72. The second-order valence-electron chi connectivity index (χ2n) is 5.32. The van der Waals surface area contributed by atoms with Crippen LogP contribution in [0.15, 0.2) is 24.3 Å². The second-order valence-corrected chi connectivity index (χ2v) is 5.32. The SMILES string of the molecule is NC1(C2Cc3ccccc3C2)CC(F)(F)C1.